The van der Waals surface area contributed by atoms with Gasteiger partial charge in [0.25, 0.3) is 0 Å². The third kappa shape index (κ3) is 4.58. The van der Waals surface area contributed by atoms with Gasteiger partial charge in [0.1, 0.15) is 5.75 Å². The van der Waals surface area contributed by atoms with E-state index in [1.807, 2.05) is 49.6 Å². The summed E-state index contributed by atoms with van der Waals surface area (Å²) in [5.41, 5.74) is 0.704. The molecule has 0 spiro atoms. The van der Waals surface area contributed by atoms with Gasteiger partial charge < -0.3 is 15.4 Å². The first-order valence-electron chi connectivity index (χ1n) is 6.99. The maximum absolute atomic E-state index is 12.0. The Morgan fingerprint density at radius 1 is 1.29 bits per heavy atom. The molecule has 1 aromatic heterocycles. The van der Waals surface area contributed by atoms with E-state index < -0.39 is 0 Å². The fraction of sp³-hybridized carbons (Fsp3) is 0.312. The van der Waals surface area contributed by atoms with E-state index in [2.05, 4.69) is 16.7 Å². The fourth-order valence-electron chi connectivity index (χ4n) is 1.93. The zero-order chi connectivity index (χ0) is 15.1. The second kappa shape index (κ2) is 7.81. The summed E-state index contributed by atoms with van der Waals surface area (Å²) >= 11 is 1.68. The molecule has 0 fully saturated rings. The Labute approximate surface area is 129 Å². The second-order valence-electron chi connectivity index (χ2n) is 4.60. The summed E-state index contributed by atoms with van der Waals surface area (Å²) in [6.07, 6.45) is 0. The molecule has 1 atom stereocenters. The van der Waals surface area contributed by atoms with Crippen LogP contribution in [0.5, 0.6) is 5.75 Å². The normalized spacial score (nSPS) is 11.9. The summed E-state index contributed by atoms with van der Waals surface area (Å²) < 4.78 is 5.49. The van der Waals surface area contributed by atoms with Crippen LogP contribution in [0, 0.1) is 0 Å². The topological polar surface area (TPSA) is 50.4 Å². The molecule has 21 heavy (non-hydrogen) atoms. The Balaban J connectivity index is 1.87. The number of rotatable bonds is 7. The van der Waals surface area contributed by atoms with Crippen LogP contribution in [-0.4, -0.2) is 19.1 Å². The molecule has 1 aromatic carbocycles. The molecule has 0 aliphatic carbocycles. The van der Waals surface area contributed by atoms with Crippen LogP contribution < -0.4 is 15.4 Å². The SMILES string of the molecule is CCOc1ccccc1NC(=O)CN[C@@H](C)c1cccs1. The molecule has 0 aliphatic heterocycles. The summed E-state index contributed by atoms with van der Waals surface area (Å²) in [7, 11) is 0. The highest BCUT2D eigenvalue weighted by atomic mass is 32.1. The summed E-state index contributed by atoms with van der Waals surface area (Å²) in [6, 6.07) is 11.7. The van der Waals surface area contributed by atoms with Crippen LogP contribution >= 0.6 is 11.3 Å². The van der Waals surface area contributed by atoms with Crippen LogP contribution in [0.1, 0.15) is 24.8 Å². The molecule has 0 bridgehead atoms. The number of hydrogen-bond acceptors (Lipinski definition) is 4. The van der Waals surface area contributed by atoms with Crippen LogP contribution in [0.4, 0.5) is 5.69 Å². The van der Waals surface area contributed by atoms with Crippen molar-refractivity contribution in [2.45, 2.75) is 19.9 Å². The number of para-hydroxylation sites is 2. The van der Waals surface area contributed by atoms with Gasteiger partial charge in [0.2, 0.25) is 5.91 Å². The minimum absolute atomic E-state index is 0.0782. The van der Waals surface area contributed by atoms with Gasteiger partial charge in [-0.2, -0.15) is 0 Å². The minimum atomic E-state index is -0.0782. The molecule has 0 aliphatic rings. The van der Waals surface area contributed by atoms with E-state index in [-0.39, 0.29) is 18.5 Å². The molecule has 0 saturated heterocycles. The predicted molar refractivity (Wildman–Crippen MR) is 87.0 cm³/mol. The first kappa shape index (κ1) is 15.5. The van der Waals surface area contributed by atoms with Crippen LogP contribution in [0.2, 0.25) is 0 Å². The Hall–Kier alpha value is -1.85. The van der Waals surface area contributed by atoms with Gasteiger partial charge in [0, 0.05) is 10.9 Å². The van der Waals surface area contributed by atoms with E-state index in [1.54, 1.807) is 11.3 Å². The van der Waals surface area contributed by atoms with E-state index in [1.165, 1.54) is 4.88 Å². The lowest BCUT2D eigenvalue weighted by molar-refractivity contribution is -0.115. The molecule has 0 radical (unpaired) electrons. The number of ether oxygens (including phenoxy) is 1. The average molecular weight is 304 g/mol. The number of amides is 1. The first-order valence-corrected chi connectivity index (χ1v) is 7.87. The van der Waals surface area contributed by atoms with E-state index in [0.29, 0.717) is 18.0 Å². The molecular weight excluding hydrogens is 284 g/mol. The standard InChI is InChI=1S/C16H20N2O2S/c1-3-20-14-8-5-4-7-13(14)18-16(19)11-17-12(2)15-9-6-10-21-15/h4-10,12,17H,3,11H2,1-2H3,(H,18,19)/t12-/m0/s1. The van der Waals surface area contributed by atoms with E-state index >= 15 is 0 Å². The highest BCUT2D eigenvalue weighted by Gasteiger charge is 2.10. The molecule has 2 N–H and O–H groups in total. The van der Waals surface area contributed by atoms with E-state index in [4.69, 9.17) is 4.74 Å². The summed E-state index contributed by atoms with van der Waals surface area (Å²) in [5.74, 6) is 0.616. The van der Waals surface area contributed by atoms with Crippen molar-refractivity contribution >= 4 is 22.9 Å². The van der Waals surface area contributed by atoms with Crippen molar-refractivity contribution in [3.63, 3.8) is 0 Å². The van der Waals surface area contributed by atoms with Gasteiger partial charge in [-0.1, -0.05) is 18.2 Å². The maximum Gasteiger partial charge on any atom is 0.238 e. The zero-order valence-electron chi connectivity index (χ0n) is 12.3. The number of carbonyl (C=O) groups is 1. The number of hydrogen-bond donors (Lipinski definition) is 2. The van der Waals surface area contributed by atoms with Crippen LogP contribution in [0.25, 0.3) is 0 Å². The minimum Gasteiger partial charge on any atom is -0.492 e. The highest BCUT2D eigenvalue weighted by Crippen LogP contribution is 2.23. The maximum atomic E-state index is 12.0. The molecule has 0 saturated carbocycles. The third-order valence-corrected chi connectivity index (χ3v) is 4.05. The number of nitrogens with one attached hydrogen (secondary N) is 2. The number of anilines is 1. The van der Waals surface area contributed by atoms with E-state index in [0.717, 1.165) is 0 Å². The third-order valence-electron chi connectivity index (χ3n) is 3.00. The first-order chi connectivity index (χ1) is 10.2. The van der Waals surface area contributed by atoms with Crippen LogP contribution in [0.15, 0.2) is 41.8 Å². The number of carbonyl (C=O) groups excluding carboxylic acids is 1. The smallest absolute Gasteiger partial charge is 0.238 e. The van der Waals surface area contributed by atoms with E-state index in [9.17, 15) is 4.79 Å². The molecule has 2 aromatic rings. The van der Waals surface area contributed by atoms with Crippen molar-refractivity contribution in [2.75, 3.05) is 18.5 Å². The van der Waals surface area contributed by atoms with Gasteiger partial charge in [0.05, 0.1) is 18.8 Å². The van der Waals surface area contributed by atoms with Crippen molar-refractivity contribution in [1.29, 1.82) is 0 Å². The molecule has 1 amide bonds. The molecule has 4 nitrogen and oxygen atoms in total. The van der Waals surface area contributed by atoms with Gasteiger partial charge >= 0.3 is 0 Å². The highest BCUT2D eigenvalue weighted by molar-refractivity contribution is 7.10. The molecule has 2 rings (SSSR count). The molecule has 112 valence electrons. The van der Waals surface area contributed by atoms with Crippen molar-refractivity contribution in [2.24, 2.45) is 0 Å². The Bertz CT molecular complexity index is 569. The van der Waals surface area contributed by atoms with Crippen LogP contribution in [-0.2, 0) is 4.79 Å². The zero-order valence-corrected chi connectivity index (χ0v) is 13.1. The molecule has 0 unspecified atom stereocenters. The van der Waals surface area contributed by atoms with Crippen LogP contribution in [0.3, 0.4) is 0 Å². The lowest BCUT2D eigenvalue weighted by atomic mass is 10.2. The molecule has 5 heteroatoms. The molecule has 1 heterocycles. The Morgan fingerprint density at radius 2 is 2.10 bits per heavy atom. The lowest BCUT2D eigenvalue weighted by Gasteiger charge is -2.14. The summed E-state index contributed by atoms with van der Waals surface area (Å²) in [4.78, 5) is 13.2. The monoisotopic (exact) mass is 304 g/mol. The fourth-order valence-corrected chi connectivity index (χ4v) is 2.69. The van der Waals surface area contributed by atoms with Gasteiger partial charge in [-0.15, -0.1) is 11.3 Å². The van der Waals surface area contributed by atoms with Crippen molar-refractivity contribution in [3.8, 4) is 5.75 Å². The van der Waals surface area contributed by atoms with Crippen molar-refractivity contribution in [1.82, 2.24) is 5.32 Å². The summed E-state index contributed by atoms with van der Waals surface area (Å²) in [6.45, 7) is 4.80. The largest absolute Gasteiger partial charge is 0.492 e. The Morgan fingerprint density at radius 3 is 2.81 bits per heavy atom. The number of benzene rings is 1. The van der Waals surface area contributed by atoms with Crippen molar-refractivity contribution < 1.29 is 9.53 Å². The second-order valence-corrected chi connectivity index (χ2v) is 5.57. The predicted octanol–water partition coefficient (Wildman–Crippen LogP) is 3.44. The Kier molecular flexibility index (Phi) is 5.78. The molecular formula is C16H20N2O2S. The van der Waals surface area contributed by atoms with Gasteiger partial charge in [-0.05, 0) is 37.4 Å². The number of thiophene rings is 1. The van der Waals surface area contributed by atoms with Gasteiger partial charge in [-0.3, -0.25) is 4.79 Å². The quantitative estimate of drug-likeness (QED) is 0.824. The van der Waals surface area contributed by atoms with Crippen molar-refractivity contribution in [3.05, 3.63) is 46.7 Å². The van der Waals surface area contributed by atoms with Gasteiger partial charge in [0.15, 0.2) is 0 Å². The average Bonchev–Trinajstić information content (AvgIpc) is 3.01. The lowest BCUT2D eigenvalue weighted by Crippen LogP contribution is -2.29. The van der Waals surface area contributed by atoms with Gasteiger partial charge in [-0.25, -0.2) is 0 Å². The summed E-state index contributed by atoms with van der Waals surface area (Å²) in [5, 5.41) is 8.12.